The number of aromatic nitrogens is 1. The molecule has 0 spiro atoms. The Bertz CT molecular complexity index is 1150. The van der Waals surface area contributed by atoms with Crippen LogP contribution in [0.3, 0.4) is 0 Å². The van der Waals surface area contributed by atoms with Crippen LogP contribution in [0.15, 0.2) is 66.9 Å². The van der Waals surface area contributed by atoms with Gasteiger partial charge < -0.3 is 18.9 Å². The molecule has 0 saturated carbocycles. The third-order valence-corrected chi connectivity index (χ3v) is 5.07. The third kappa shape index (κ3) is 3.74. The summed E-state index contributed by atoms with van der Waals surface area (Å²) in [6.07, 6.45) is 6.20. The van der Waals surface area contributed by atoms with Crippen molar-refractivity contribution in [3.8, 4) is 23.0 Å². The number of rotatable bonds is 5. The number of methoxy groups -OCH3 is 3. The molecule has 2 aromatic carbocycles. The number of hydrogen-bond acceptors (Lipinski definition) is 4. The normalized spacial score (nSPS) is 13.9. The van der Waals surface area contributed by atoms with E-state index in [0.717, 1.165) is 39.7 Å². The van der Waals surface area contributed by atoms with Crippen LogP contribution in [0.4, 0.5) is 0 Å². The molecule has 0 amide bonds. The topological polar surface area (TPSA) is 40.8 Å². The van der Waals surface area contributed by atoms with Crippen LogP contribution in [-0.4, -0.2) is 21.3 Å². The minimum atomic E-state index is 0.653. The molecule has 152 valence electrons. The van der Waals surface area contributed by atoms with E-state index >= 15 is 0 Å². The predicted molar refractivity (Wildman–Crippen MR) is 117 cm³/mol. The maximum Gasteiger partial charge on any atom is 0.205 e. The Balaban J connectivity index is 1.86. The van der Waals surface area contributed by atoms with Gasteiger partial charge in [0.05, 0.1) is 21.3 Å². The summed E-state index contributed by atoms with van der Waals surface area (Å²) < 4.78 is 24.6. The number of allylic oxidation sites excluding steroid dienone is 2. The molecule has 0 bridgehead atoms. The molecule has 2 heterocycles. The lowest BCUT2D eigenvalue weighted by atomic mass is 9.98. The first-order chi connectivity index (χ1) is 14.6. The lowest BCUT2D eigenvalue weighted by Crippen LogP contribution is -2.30. The molecule has 0 unspecified atom stereocenters. The van der Waals surface area contributed by atoms with Gasteiger partial charge in [0, 0.05) is 29.3 Å². The first kappa shape index (κ1) is 19.6. The van der Waals surface area contributed by atoms with Gasteiger partial charge in [-0.1, -0.05) is 0 Å². The maximum absolute atomic E-state index is 6.25. The Morgan fingerprint density at radius 3 is 2.43 bits per heavy atom. The van der Waals surface area contributed by atoms with E-state index in [4.69, 9.17) is 18.9 Å². The lowest BCUT2D eigenvalue weighted by Gasteiger charge is -2.21. The number of fused-ring (bicyclic) bond motifs is 1. The second-order valence-corrected chi connectivity index (χ2v) is 6.88. The summed E-state index contributed by atoms with van der Waals surface area (Å²) >= 11 is 0. The number of aryl methyl sites for hydroxylation is 1. The Labute approximate surface area is 176 Å². The third-order valence-electron chi connectivity index (χ3n) is 5.07. The lowest BCUT2D eigenvalue weighted by molar-refractivity contribution is -0.673. The Hall–Kier alpha value is -3.73. The van der Waals surface area contributed by atoms with Crippen LogP contribution in [0.5, 0.6) is 23.0 Å². The van der Waals surface area contributed by atoms with Crippen molar-refractivity contribution in [1.29, 1.82) is 0 Å². The molecule has 5 nitrogen and oxygen atoms in total. The van der Waals surface area contributed by atoms with Crippen molar-refractivity contribution < 1.29 is 23.5 Å². The fourth-order valence-corrected chi connectivity index (χ4v) is 3.41. The molecular formula is C25H24NO4+. The molecule has 0 N–H and O–H groups in total. The molecule has 1 aliphatic heterocycles. The number of pyridine rings is 1. The fourth-order valence-electron chi connectivity index (χ4n) is 3.41. The monoisotopic (exact) mass is 402 g/mol. The van der Waals surface area contributed by atoms with Crippen LogP contribution in [0, 0.1) is 0 Å². The van der Waals surface area contributed by atoms with E-state index in [1.807, 2.05) is 67.9 Å². The molecule has 0 saturated heterocycles. The van der Waals surface area contributed by atoms with Crippen LogP contribution in [0.2, 0.25) is 0 Å². The Morgan fingerprint density at radius 2 is 1.70 bits per heavy atom. The van der Waals surface area contributed by atoms with Crippen molar-refractivity contribution >= 4 is 17.4 Å². The average Bonchev–Trinajstić information content (AvgIpc) is 2.79. The van der Waals surface area contributed by atoms with E-state index in [0.29, 0.717) is 11.5 Å². The summed E-state index contributed by atoms with van der Waals surface area (Å²) in [4.78, 5) is 0. The van der Waals surface area contributed by atoms with E-state index in [-0.39, 0.29) is 0 Å². The smallest absolute Gasteiger partial charge is 0.205 e. The summed E-state index contributed by atoms with van der Waals surface area (Å²) in [5.41, 5.74) is 3.98. The van der Waals surface area contributed by atoms with Gasteiger partial charge >= 0.3 is 0 Å². The van der Waals surface area contributed by atoms with Gasteiger partial charge in [-0.25, -0.2) is 4.57 Å². The van der Waals surface area contributed by atoms with E-state index < -0.39 is 0 Å². The van der Waals surface area contributed by atoms with Crippen molar-refractivity contribution in [3.63, 3.8) is 0 Å². The molecule has 0 atom stereocenters. The van der Waals surface area contributed by atoms with Gasteiger partial charge in [-0.05, 0) is 54.1 Å². The quantitative estimate of drug-likeness (QED) is 0.589. The number of benzene rings is 2. The highest BCUT2D eigenvalue weighted by molar-refractivity contribution is 5.95. The van der Waals surface area contributed by atoms with Gasteiger partial charge in [-0.3, -0.25) is 0 Å². The summed E-state index contributed by atoms with van der Waals surface area (Å²) in [6.45, 7) is 0. The molecule has 5 heteroatoms. The van der Waals surface area contributed by atoms with Gasteiger partial charge in [0.25, 0.3) is 0 Å². The van der Waals surface area contributed by atoms with Gasteiger partial charge in [0.15, 0.2) is 17.7 Å². The van der Waals surface area contributed by atoms with Crippen molar-refractivity contribution in [2.45, 2.75) is 0 Å². The van der Waals surface area contributed by atoms with E-state index in [9.17, 15) is 0 Å². The Morgan fingerprint density at radius 1 is 0.867 bits per heavy atom. The van der Waals surface area contributed by atoms with Crippen molar-refractivity contribution in [1.82, 2.24) is 0 Å². The first-order valence-electron chi connectivity index (χ1n) is 9.59. The summed E-state index contributed by atoms with van der Waals surface area (Å²) in [5, 5.41) is 0. The van der Waals surface area contributed by atoms with Gasteiger partial charge in [-0.2, -0.15) is 0 Å². The first-order valence-corrected chi connectivity index (χ1v) is 9.59. The summed E-state index contributed by atoms with van der Waals surface area (Å²) in [5.74, 6) is 3.62. The number of nitrogens with zero attached hydrogens (tertiary/aromatic N) is 1. The highest BCUT2D eigenvalue weighted by atomic mass is 16.5. The molecule has 4 rings (SSSR count). The zero-order valence-electron chi connectivity index (χ0n) is 17.5. The highest BCUT2D eigenvalue weighted by Gasteiger charge is 2.21. The van der Waals surface area contributed by atoms with Crippen LogP contribution in [0.1, 0.15) is 16.8 Å². The maximum atomic E-state index is 6.25. The van der Waals surface area contributed by atoms with E-state index in [1.165, 1.54) is 0 Å². The molecule has 1 aliphatic rings. The van der Waals surface area contributed by atoms with Gasteiger partial charge in [0.1, 0.15) is 24.3 Å². The second kappa shape index (κ2) is 8.33. The predicted octanol–water partition coefficient (Wildman–Crippen LogP) is 4.51. The van der Waals surface area contributed by atoms with Crippen molar-refractivity contribution in [3.05, 3.63) is 83.7 Å². The Kier molecular flexibility index (Phi) is 5.44. The van der Waals surface area contributed by atoms with Crippen LogP contribution < -0.4 is 23.5 Å². The summed E-state index contributed by atoms with van der Waals surface area (Å²) in [6, 6.07) is 17.7. The van der Waals surface area contributed by atoms with E-state index in [2.05, 4.69) is 16.7 Å². The van der Waals surface area contributed by atoms with Crippen molar-refractivity contribution in [2.75, 3.05) is 21.3 Å². The largest absolute Gasteiger partial charge is 0.497 e. The molecule has 30 heavy (non-hydrogen) atoms. The molecular weight excluding hydrogens is 378 g/mol. The van der Waals surface area contributed by atoms with Gasteiger partial charge in [-0.15, -0.1) is 0 Å². The summed E-state index contributed by atoms with van der Waals surface area (Å²) in [7, 11) is 6.94. The second-order valence-electron chi connectivity index (χ2n) is 6.88. The van der Waals surface area contributed by atoms with E-state index in [1.54, 1.807) is 21.3 Å². The molecule has 0 fully saturated rings. The van der Waals surface area contributed by atoms with Crippen LogP contribution >= 0.6 is 0 Å². The highest BCUT2D eigenvalue weighted by Crippen LogP contribution is 2.41. The average molecular weight is 402 g/mol. The zero-order chi connectivity index (χ0) is 21.1. The number of hydrogen-bond donors (Lipinski definition) is 0. The standard InChI is InChI=1S/C25H24NO4/c1-26-12-6-5-7-19(26)13-18-15-24(17-8-10-23(28-3)25(14-17)29-4)30-22-11-9-20(27-2)16-21(18)22/h5-16H,1-4H3/q+1/b18-13+. The zero-order valence-corrected chi connectivity index (χ0v) is 17.5. The molecule has 0 radical (unpaired) electrons. The van der Waals surface area contributed by atoms with Crippen LogP contribution in [0.25, 0.3) is 17.4 Å². The minimum Gasteiger partial charge on any atom is -0.497 e. The molecule has 3 aromatic rings. The molecule has 1 aromatic heterocycles. The SMILES string of the molecule is COc1ccc2c(c1)/C(=C/c1cccc[n+]1C)C=C(c1ccc(OC)c(OC)c1)O2. The van der Waals surface area contributed by atoms with Gasteiger partial charge in [0.2, 0.25) is 5.69 Å². The van der Waals surface area contributed by atoms with Crippen molar-refractivity contribution in [2.24, 2.45) is 7.05 Å². The minimum absolute atomic E-state index is 0.653. The van der Waals surface area contributed by atoms with Crippen LogP contribution in [-0.2, 0) is 7.05 Å². The molecule has 0 aliphatic carbocycles. The number of ether oxygens (including phenoxy) is 4. The fraction of sp³-hybridized carbons (Fsp3) is 0.160.